The minimum absolute atomic E-state index is 0.0596. The Bertz CT molecular complexity index is 2280. The van der Waals surface area contributed by atoms with Gasteiger partial charge in [0.15, 0.2) is 0 Å². The van der Waals surface area contributed by atoms with Gasteiger partial charge in [0.2, 0.25) is 11.8 Å². The first-order chi connectivity index (χ1) is 33.7. The quantitative estimate of drug-likeness (QED) is 0.120. The van der Waals surface area contributed by atoms with Crippen LogP contribution in [-0.4, -0.2) is 109 Å². The third-order valence-corrected chi connectivity index (χ3v) is 13.6. The summed E-state index contributed by atoms with van der Waals surface area (Å²) in [6.07, 6.45) is 2.03. The first-order valence-electron chi connectivity index (χ1n) is 24.3. The lowest BCUT2D eigenvalue weighted by Crippen LogP contribution is -2.56. The van der Waals surface area contributed by atoms with E-state index in [4.69, 9.17) is 9.47 Å². The highest BCUT2D eigenvalue weighted by molar-refractivity contribution is 5.98. The predicted molar refractivity (Wildman–Crippen MR) is 264 cm³/mol. The molecule has 19 nitrogen and oxygen atoms in total. The van der Waals surface area contributed by atoms with Crippen molar-refractivity contribution in [3.63, 3.8) is 0 Å². The van der Waals surface area contributed by atoms with Gasteiger partial charge in [-0.25, -0.2) is 9.59 Å². The number of benzene rings is 3. The second kappa shape index (κ2) is 23.2. The average Bonchev–Trinajstić information content (AvgIpc) is 4.16. The summed E-state index contributed by atoms with van der Waals surface area (Å²) < 4.78 is 9.38. The summed E-state index contributed by atoms with van der Waals surface area (Å²) in [7, 11) is 2.42. The summed E-state index contributed by atoms with van der Waals surface area (Å²) in [6.45, 7) is 14.3. The number of likely N-dealkylation sites (tertiary alicyclic amines) is 2. The molecule has 382 valence electrons. The van der Waals surface area contributed by atoms with Gasteiger partial charge in [0.1, 0.15) is 24.2 Å². The Balaban J connectivity index is 1.11. The van der Waals surface area contributed by atoms with Gasteiger partial charge in [-0.2, -0.15) is 0 Å². The number of alkyl carbamates (subject to hydrolysis) is 2. The summed E-state index contributed by atoms with van der Waals surface area (Å²) in [5, 5.41) is 5.12. The molecule has 0 aliphatic carbocycles. The van der Waals surface area contributed by atoms with E-state index in [9.17, 15) is 38.4 Å². The molecule has 0 bridgehead atoms. The topological polar surface area (TPSA) is 237 Å². The number of methoxy groups -OCH3 is 2. The van der Waals surface area contributed by atoms with Crippen LogP contribution in [0, 0.1) is 11.8 Å². The zero-order valence-corrected chi connectivity index (χ0v) is 42.1. The third-order valence-electron chi connectivity index (χ3n) is 13.6. The van der Waals surface area contributed by atoms with Crippen molar-refractivity contribution in [3.05, 3.63) is 101 Å². The van der Waals surface area contributed by atoms with Crippen molar-refractivity contribution < 1.29 is 47.8 Å². The maximum Gasteiger partial charge on any atom is 0.407 e. The second-order valence-electron chi connectivity index (χ2n) is 20.0. The van der Waals surface area contributed by atoms with Crippen LogP contribution in [0.25, 0.3) is 0 Å². The molecule has 0 spiro atoms. The number of rotatable bonds is 13. The van der Waals surface area contributed by atoms with E-state index in [1.807, 2.05) is 24.3 Å². The van der Waals surface area contributed by atoms with Crippen LogP contribution >= 0.6 is 0 Å². The molecule has 19 heteroatoms. The fourth-order valence-electron chi connectivity index (χ4n) is 9.58. The summed E-state index contributed by atoms with van der Waals surface area (Å²) in [5.74, 6) is -3.48. The minimum atomic E-state index is -0.889. The van der Waals surface area contributed by atoms with Gasteiger partial charge in [0, 0.05) is 29.9 Å². The molecule has 0 radical (unpaired) electrons. The van der Waals surface area contributed by atoms with E-state index < -0.39 is 71.8 Å². The number of anilines is 1. The number of hydrogen-bond donors (Lipinski definition) is 6. The highest BCUT2D eigenvalue weighted by Gasteiger charge is 2.41. The van der Waals surface area contributed by atoms with Crippen molar-refractivity contribution in [2.75, 3.05) is 32.2 Å². The van der Waals surface area contributed by atoms with Crippen molar-refractivity contribution in [2.24, 2.45) is 11.8 Å². The van der Waals surface area contributed by atoms with E-state index in [0.717, 1.165) is 29.7 Å². The van der Waals surface area contributed by atoms with E-state index in [2.05, 4.69) is 82.3 Å². The van der Waals surface area contributed by atoms with E-state index in [1.54, 1.807) is 52.0 Å². The number of nitrogens with zero attached hydrogens (tertiary/aromatic N) is 3. The van der Waals surface area contributed by atoms with Crippen LogP contribution in [0.15, 0.2) is 72.8 Å². The number of ether oxygens (including phenoxy) is 2. The lowest BCUT2D eigenvalue weighted by Gasteiger charge is -2.34. The molecular formula is C52H69N9O10. The van der Waals surface area contributed by atoms with E-state index >= 15 is 0 Å². The number of nitrogens with one attached hydrogen (secondary N) is 6. The summed E-state index contributed by atoms with van der Waals surface area (Å²) >= 11 is 0. The van der Waals surface area contributed by atoms with Crippen molar-refractivity contribution in [3.8, 4) is 0 Å². The maximum absolute atomic E-state index is 13.5. The molecule has 6 N–H and O–H groups in total. The van der Waals surface area contributed by atoms with Gasteiger partial charge < -0.3 is 34.8 Å². The molecule has 3 aliphatic rings. The number of carbonyl (C=O) groups excluding carboxylic acids is 8. The largest absolute Gasteiger partial charge is 0.453 e. The molecule has 0 aromatic heterocycles. The molecule has 3 heterocycles. The third kappa shape index (κ3) is 12.6. The van der Waals surface area contributed by atoms with Gasteiger partial charge in [0.25, 0.3) is 23.6 Å². The summed E-state index contributed by atoms with van der Waals surface area (Å²) in [4.78, 5) is 109. The molecular weight excluding hydrogens is 911 g/mol. The van der Waals surface area contributed by atoms with Gasteiger partial charge in [0.05, 0.1) is 26.3 Å². The minimum Gasteiger partial charge on any atom is -0.453 e. The number of hydrazine groups is 2. The Morgan fingerprint density at radius 1 is 0.535 bits per heavy atom. The van der Waals surface area contributed by atoms with Crippen LogP contribution in [0.4, 0.5) is 15.3 Å². The number of hydrogen-bond acceptors (Lipinski definition) is 11. The van der Waals surface area contributed by atoms with Gasteiger partial charge in [-0.15, -0.1) is 0 Å². The smallest absolute Gasteiger partial charge is 0.407 e. The van der Waals surface area contributed by atoms with Crippen molar-refractivity contribution in [1.82, 2.24) is 42.1 Å². The van der Waals surface area contributed by atoms with Crippen molar-refractivity contribution in [2.45, 2.75) is 129 Å². The Morgan fingerprint density at radius 2 is 0.915 bits per heavy atom. The lowest BCUT2D eigenvalue weighted by molar-refractivity contribution is -0.141. The van der Waals surface area contributed by atoms with Crippen LogP contribution in [0.1, 0.15) is 136 Å². The maximum atomic E-state index is 13.5. The molecule has 6 atom stereocenters. The fraction of sp³-hybridized carbons (Fsp3) is 0.500. The Labute approximate surface area is 415 Å². The van der Waals surface area contributed by atoms with Crippen LogP contribution in [-0.2, 0) is 34.1 Å². The SMILES string of the molecule is COC(=O)N[C@H](C(=O)N1CCC[C@H]1C(=O)NNC(=O)c1ccc(C2CCC(c3ccc(C(=O)NNC(=O)[C@@H]4CCCN4C(=O)[C@@H](NC(=O)OC)C(C)C)cc3)N2c2ccc(C(C)(C)C)cc2)cc1)C(C)C. The fourth-order valence-corrected chi connectivity index (χ4v) is 9.58. The normalized spacial score (nSPS) is 19.7. The van der Waals surface area contributed by atoms with Gasteiger partial charge in [-0.05, 0) is 109 Å². The van der Waals surface area contributed by atoms with Crippen LogP contribution in [0.2, 0.25) is 0 Å². The molecule has 3 aromatic carbocycles. The first-order valence-corrected chi connectivity index (χ1v) is 24.3. The molecule has 6 rings (SSSR count). The van der Waals surface area contributed by atoms with Gasteiger partial charge in [-0.3, -0.25) is 50.5 Å². The van der Waals surface area contributed by atoms with Gasteiger partial charge >= 0.3 is 12.2 Å². The van der Waals surface area contributed by atoms with Crippen LogP contribution < -0.4 is 37.2 Å². The molecule has 0 saturated carbocycles. The van der Waals surface area contributed by atoms with Crippen LogP contribution in [0.5, 0.6) is 0 Å². The zero-order chi connectivity index (χ0) is 51.7. The predicted octanol–water partition coefficient (Wildman–Crippen LogP) is 5.33. The molecule has 3 aliphatic heterocycles. The number of amides is 8. The highest BCUT2D eigenvalue weighted by atomic mass is 16.5. The van der Waals surface area contributed by atoms with E-state index in [0.29, 0.717) is 49.9 Å². The molecule has 3 fully saturated rings. The Kier molecular flexibility index (Phi) is 17.3. The summed E-state index contributed by atoms with van der Waals surface area (Å²) in [5.41, 5.74) is 14.7. The van der Waals surface area contributed by atoms with Crippen molar-refractivity contribution >= 4 is 53.3 Å². The monoisotopic (exact) mass is 980 g/mol. The second-order valence-corrected chi connectivity index (χ2v) is 20.0. The molecule has 2 unspecified atom stereocenters. The zero-order valence-electron chi connectivity index (χ0n) is 42.1. The average molecular weight is 980 g/mol. The van der Waals surface area contributed by atoms with Gasteiger partial charge in [-0.1, -0.05) is 84.9 Å². The number of carbonyl (C=O) groups is 8. The molecule has 8 amide bonds. The van der Waals surface area contributed by atoms with E-state index in [1.165, 1.54) is 29.6 Å². The molecule has 3 saturated heterocycles. The molecule has 3 aromatic rings. The first kappa shape index (κ1) is 53.2. The van der Waals surface area contributed by atoms with Crippen molar-refractivity contribution in [1.29, 1.82) is 0 Å². The lowest BCUT2D eigenvalue weighted by atomic mass is 9.87. The molecule has 71 heavy (non-hydrogen) atoms. The summed E-state index contributed by atoms with van der Waals surface area (Å²) in [6, 6.07) is 19.4. The standard InChI is InChI=1S/C52H69N9O10/c1-30(2)42(53-50(68)70-8)48(66)59-28-10-12-40(59)46(64)57-55-44(62)34-18-14-32(15-19-34)38-26-27-39(61(38)37-24-22-36(23-25-37)52(5,6)7)33-16-20-35(21-17-33)45(63)56-58-47(65)41-13-11-29-60(41)49(67)43(31(3)4)54-51(69)71-9/h14-25,30-31,38-43H,10-13,26-29H2,1-9H3,(H,53,68)(H,54,69)(H,55,62)(H,56,63)(H,57,64)(H,58,65)/t38?,39?,40-,41-,42-,43-/m0/s1. The van der Waals surface area contributed by atoms with E-state index in [-0.39, 0.29) is 29.3 Å². The Hall–Kier alpha value is -7.18. The Morgan fingerprint density at radius 3 is 1.25 bits per heavy atom. The van der Waals surface area contributed by atoms with Crippen LogP contribution in [0.3, 0.4) is 0 Å². The highest BCUT2D eigenvalue weighted by Crippen LogP contribution is 2.47.